The van der Waals surface area contributed by atoms with Crippen LogP contribution in [-0.2, 0) is 0 Å². The smallest absolute Gasteiger partial charge is 0.141 e. The van der Waals surface area contributed by atoms with Crippen LogP contribution in [0.4, 0.5) is 11.4 Å². The SMILES string of the molecule is Cc1ccc(-c2c(-n3c4ccccc4c4ccccc43)c(C#N)c(N3c4ccc5c(oc6ccccc65)c4C4C=CC=CC43)c(C#N)c2-n2c3ccccc3c3ccccc32)cc1. The third kappa shape index (κ3) is 4.75. The van der Waals surface area contributed by atoms with Gasteiger partial charge in [0.15, 0.2) is 0 Å². The zero-order chi connectivity index (χ0) is 41.9. The van der Waals surface area contributed by atoms with Crippen molar-refractivity contribution in [1.29, 1.82) is 10.5 Å². The standard InChI is InChI=1S/C57H35N5O/c1-34-26-28-35(29-27-34)52-55(60-45-20-8-2-14-36(45)37-15-3-9-21-46(37)60)43(32-58)54(44(33-59)56(52)61-47-22-10-4-16-38(47)39-17-5-11-23-48(39)61)62-49-24-12-6-19-42(49)53-50(62)31-30-41-40-18-7-13-25-51(40)63-57(41)53/h2-31,42,49H,1H3. The number of para-hydroxylation sites is 5. The van der Waals surface area contributed by atoms with Gasteiger partial charge in [0, 0.05) is 55.0 Å². The first-order valence-corrected chi connectivity index (χ1v) is 21.3. The Bertz CT molecular complexity index is 3660. The van der Waals surface area contributed by atoms with Crippen LogP contribution in [-0.4, -0.2) is 15.2 Å². The van der Waals surface area contributed by atoms with Gasteiger partial charge >= 0.3 is 0 Å². The molecule has 2 aliphatic rings. The molecule has 13 rings (SSSR count). The third-order valence-corrected chi connectivity index (χ3v) is 13.4. The molecule has 0 saturated heterocycles. The van der Waals surface area contributed by atoms with E-state index in [2.05, 4.69) is 197 Å². The molecule has 0 fully saturated rings. The number of hydrogen-bond donors (Lipinski definition) is 0. The number of anilines is 2. The molecule has 1 aliphatic heterocycles. The molecular weight excluding hydrogens is 771 g/mol. The summed E-state index contributed by atoms with van der Waals surface area (Å²) >= 11 is 0. The normalized spacial score (nSPS) is 15.5. The van der Waals surface area contributed by atoms with E-state index in [1.807, 2.05) is 18.2 Å². The summed E-state index contributed by atoms with van der Waals surface area (Å²) in [5.41, 5.74) is 13.1. The van der Waals surface area contributed by atoms with E-state index in [0.717, 1.165) is 105 Å². The summed E-state index contributed by atoms with van der Waals surface area (Å²) in [5, 5.41) is 30.5. The van der Waals surface area contributed by atoms with Gasteiger partial charge in [-0.2, -0.15) is 10.5 Å². The Morgan fingerprint density at radius 3 is 1.52 bits per heavy atom. The largest absolute Gasteiger partial charge is 0.456 e. The Morgan fingerprint density at radius 1 is 0.492 bits per heavy atom. The van der Waals surface area contributed by atoms with Gasteiger partial charge in [-0.15, -0.1) is 0 Å². The molecule has 0 radical (unpaired) electrons. The molecule has 3 aromatic heterocycles. The first kappa shape index (κ1) is 35.2. The number of benzene rings is 8. The van der Waals surface area contributed by atoms with Crippen molar-refractivity contribution in [3.63, 3.8) is 0 Å². The minimum Gasteiger partial charge on any atom is -0.456 e. The fraction of sp³-hybridized carbons (Fsp3) is 0.0526. The van der Waals surface area contributed by atoms with E-state index in [0.29, 0.717) is 16.8 Å². The van der Waals surface area contributed by atoms with Crippen LogP contribution in [0, 0.1) is 29.6 Å². The van der Waals surface area contributed by atoms with Gasteiger partial charge in [-0.05, 0) is 55.0 Å². The predicted molar refractivity (Wildman–Crippen MR) is 255 cm³/mol. The maximum absolute atomic E-state index is 12.1. The van der Waals surface area contributed by atoms with E-state index in [-0.39, 0.29) is 12.0 Å². The average molecular weight is 806 g/mol. The number of allylic oxidation sites excluding steroid dienone is 2. The number of nitrogens with zero attached hydrogens (tertiary/aromatic N) is 5. The van der Waals surface area contributed by atoms with Crippen LogP contribution in [0.2, 0.25) is 0 Å². The highest BCUT2D eigenvalue weighted by Crippen LogP contribution is 2.56. The molecule has 294 valence electrons. The molecule has 0 N–H and O–H groups in total. The quantitative estimate of drug-likeness (QED) is 0.178. The minimum absolute atomic E-state index is 0.113. The number of furan rings is 1. The molecule has 0 amide bonds. The Hall–Kier alpha value is -8.58. The summed E-state index contributed by atoms with van der Waals surface area (Å²) in [4.78, 5) is 2.26. The lowest BCUT2D eigenvalue weighted by molar-refractivity contribution is 0.656. The number of fused-ring (bicyclic) bond motifs is 13. The van der Waals surface area contributed by atoms with Crippen LogP contribution in [0.5, 0.6) is 0 Å². The van der Waals surface area contributed by atoms with Crippen LogP contribution in [0.1, 0.15) is 28.2 Å². The van der Waals surface area contributed by atoms with Crippen LogP contribution in [0.3, 0.4) is 0 Å². The van der Waals surface area contributed by atoms with E-state index in [1.54, 1.807) is 0 Å². The van der Waals surface area contributed by atoms with Crippen LogP contribution in [0.15, 0.2) is 186 Å². The van der Waals surface area contributed by atoms with Gasteiger partial charge in [0.25, 0.3) is 0 Å². The molecule has 2 atom stereocenters. The predicted octanol–water partition coefficient (Wildman–Crippen LogP) is 14.2. The second kappa shape index (κ2) is 13.2. The minimum atomic E-state index is -0.259. The summed E-state index contributed by atoms with van der Waals surface area (Å²) in [6.07, 6.45) is 8.61. The van der Waals surface area contributed by atoms with Crippen LogP contribution < -0.4 is 4.90 Å². The van der Waals surface area contributed by atoms with E-state index in [4.69, 9.17) is 4.42 Å². The number of aromatic nitrogens is 2. The highest BCUT2D eigenvalue weighted by Gasteiger charge is 2.44. The van der Waals surface area contributed by atoms with Gasteiger partial charge in [-0.1, -0.05) is 145 Å². The Balaban J connectivity index is 1.28. The first-order valence-electron chi connectivity index (χ1n) is 21.3. The lowest BCUT2D eigenvalue weighted by Gasteiger charge is -2.33. The van der Waals surface area contributed by atoms with E-state index in [1.165, 1.54) is 0 Å². The lowest BCUT2D eigenvalue weighted by atomic mass is 9.89. The van der Waals surface area contributed by atoms with Crippen LogP contribution >= 0.6 is 0 Å². The van der Waals surface area contributed by atoms with Gasteiger partial charge < -0.3 is 18.5 Å². The fourth-order valence-corrected chi connectivity index (χ4v) is 10.8. The molecule has 8 aromatic carbocycles. The van der Waals surface area contributed by atoms with Crippen molar-refractivity contribution < 1.29 is 4.42 Å². The van der Waals surface area contributed by atoms with Crippen molar-refractivity contribution in [3.05, 3.63) is 204 Å². The number of aryl methyl sites for hydroxylation is 1. The fourth-order valence-electron chi connectivity index (χ4n) is 10.8. The maximum atomic E-state index is 12.1. The van der Waals surface area contributed by atoms with Gasteiger partial charge in [-0.3, -0.25) is 0 Å². The second-order valence-electron chi connectivity index (χ2n) is 16.6. The maximum Gasteiger partial charge on any atom is 0.141 e. The summed E-state index contributed by atoms with van der Waals surface area (Å²) in [7, 11) is 0. The monoisotopic (exact) mass is 805 g/mol. The van der Waals surface area contributed by atoms with E-state index in [9.17, 15) is 10.5 Å². The Labute approximate surface area is 362 Å². The third-order valence-electron chi connectivity index (χ3n) is 13.4. The molecule has 63 heavy (non-hydrogen) atoms. The number of nitriles is 2. The molecule has 11 aromatic rings. The van der Waals surface area contributed by atoms with Gasteiger partial charge in [0.05, 0.1) is 45.2 Å². The molecule has 4 heterocycles. The lowest BCUT2D eigenvalue weighted by Crippen LogP contribution is -2.30. The molecule has 2 unspecified atom stereocenters. The highest BCUT2D eigenvalue weighted by atomic mass is 16.3. The molecule has 0 saturated carbocycles. The Kier molecular flexibility index (Phi) is 7.38. The van der Waals surface area contributed by atoms with Crippen molar-refractivity contribution in [3.8, 4) is 34.6 Å². The molecule has 1 aliphatic carbocycles. The van der Waals surface area contributed by atoms with E-state index < -0.39 is 0 Å². The van der Waals surface area contributed by atoms with Crippen molar-refractivity contribution in [2.24, 2.45) is 0 Å². The number of hydrogen-bond acceptors (Lipinski definition) is 4. The van der Waals surface area contributed by atoms with Gasteiger partial charge in [0.2, 0.25) is 0 Å². The van der Waals surface area contributed by atoms with Crippen LogP contribution in [0.25, 0.3) is 88.1 Å². The second-order valence-corrected chi connectivity index (χ2v) is 16.6. The summed E-state index contributed by atoms with van der Waals surface area (Å²) in [6.45, 7) is 2.09. The number of rotatable bonds is 4. The van der Waals surface area contributed by atoms with E-state index >= 15 is 0 Å². The molecule has 6 heteroatoms. The van der Waals surface area contributed by atoms with Gasteiger partial charge in [0.1, 0.15) is 34.4 Å². The van der Waals surface area contributed by atoms with Crippen molar-refractivity contribution >= 4 is 76.9 Å². The molecular formula is C57H35N5O. The average Bonchev–Trinajstić information content (AvgIpc) is 4.07. The molecule has 6 nitrogen and oxygen atoms in total. The molecule has 0 bridgehead atoms. The molecule has 0 spiro atoms. The summed E-state index contributed by atoms with van der Waals surface area (Å²) in [6, 6.07) is 60.0. The Morgan fingerprint density at radius 2 is 0.984 bits per heavy atom. The first-order chi connectivity index (χ1) is 31.1. The van der Waals surface area contributed by atoms with Gasteiger partial charge in [-0.25, -0.2) is 0 Å². The highest BCUT2D eigenvalue weighted by molar-refractivity contribution is 6.14. The zero-order valence-corrected chi connectivity index (χ0v) is 34.1. The van der Waals surface area contributed by atoms with Crippen molar-refractivity contribution in [1.82, 2.24) is 9.13 Å². The topological polar surface area (TPSA) is 73.8 Å². The summed E-state index contributed by atoms with van der Waals surface area (Å²) < 4.78 is 11.3. The summed E-state index contributed by atoms with van der Waals surface area (Å²) in [5.74, 6) is -0.113. The zero-order valence-electron chi connectivity index (χ0n) is 34.1. The van der Waals surface area contributed by atoms with Crippen molar-refractivity contribution in [2.75, 3.05) is 4.90 Å². The van der Waals surface area contributed by atoms with Crippen molar-refractivity contribution in [2.45, 2.75) is 18.9 Å².